The molecule has 1 atom stereocenters. The molecule has 9 heteroatoms. The Bertz CT molecular complexity index is 1320. The Morgan fingerprint density at radius 3 is 2.22 bits per heavy atom. The van der Waals surface area contributed by atoms with Gasteiger partial charge >= 0.3 is 0 Å². The number of sulfonamides is 1. The number of carbonyl (C=O) groups excluding carboxylic acids is 1. The molecule has 0 radical (unpaired) electrons. The highest BCUT2D eigenvalue weighted by molar-refractivity contribution is 7.91. The zero-order valence-corrected chi connectivity index (χ0v) is 18.7. The van der Waals surface area contributed by atoms with Crippen molar-refractivity contribution in [1.29, 1.82) is 0 Å². The van der Waals surface area contributed by atoms with Gasteiger partial charge in [-0.2, -0.15) is 4.72 Å². The molecule has 0 spiro atoms. The van der Waals surface area contributed by atoms with Gasteiger partial charge in [-0.05, 0) is 30.2 Å². The van der Waals surface area contributed by atoms with Crippen LogP contribution in [0.3, 0.4) is 0 Å². The molecule has 2 N–H and O–H groups in total. The van der Waals surface area contributed by atoms with E-state index >= 15 is 0 Å². The minimum absolute atomic E-state index is 0.103. The van der Waals surface area contributed by atoms with Crippen molar-refractivity contribution in [2.45, 2.75) is 17.3 Å². The number of aryl methyl sites for hydroxylation is 1. The Hall–Kier alpha value is -3.40. The Kier molecular flexibility index (Phi) is 6.40. The number of benzene rings is 3. The number of hydrogen-bond donors (Lipinski definition) is 2. The predicted molar refractivity (Wildman–Crippen MR) is 124 cm³/mol. The molecule has 32 heavy (non-hydrogen) atoms. The summed E-state index contributed by atoms with van der Waals surface area (Å²) >= 11 is 0.794. The van der Waals surface area contributed by atoms with Gasteiger partial charge in [0.25, 0.3) is 15.9 Å². The summed E-state index contributed by atoms with van der Waals surface area (Å²) in [4.78, 5) is 12.3. The van der Waals surface area contributed by atoms with Crippen LogP contribution in [0, 0.1) is 6.92 Å². The predicted octanol–water partition coefficient (Wildman–Crippen LogP) is 4.17. The van der Waals surface area contributed by atoms with Crippen molar-refractivity contribution in [2.75, 3.05) is 5.32 Å². The summed E-state index contributed by atoms with van der Waals surface area (Å²) in [6.07, 6.45) is 0. The van der Waals surface area contributed by atoms with Crippen LogP contribution in [0.4, 0.5) is 5.13 Å². The first-order chi connectivity index (χ1) is 15.4. The number of rotatable bonds is 7. The van der Waals surface area contributed by atoms with Gasteiger partial charge in [0.2, 0.25) is 9.47 Å². The first-order valence-corrected chi connectivity index (χ1v) is 12.1. The molecule has 1 aromatic heterocycles. The molecule has 4 aromatic rings. The maximum atomic E-state index is 13.1. The Labute approximate surface area is 190 Å². The molecule has 0 saturated heterocycles. The van der Waals surface area contributed by atoms with Gasteiger partial charge in [-0.1, -0.05) is 89.7 Å². The Morgan fingerprint density at radius 2 is 1.53 bits per heavy atom. The topological polar surface area (TPSA) is 101 Å². The fourth-order valence-electron chi connectivity index (χ4n) is 3.16. The van der Waals surface area contributed by atoms with E-state index in [0.29, 0.717) is 5.56 Å². The third-order valence-corrected chi connectivity index (χ3v) is 7.30. The third-order valence-electron chi connectivity index (χ3n) is 4.67. The van der Waals surface area contributed by atoms with E-state index in [9.17, 15) is 13.2 Å². The van der Waals surface area contributed by atoms with Crippen LogP contribution >= 0.6 is 11.3 Å². The van der Waals surface area contributed by atoms with Crippen LogP contribution in [0.5, 0.6) is 0 Å². The first-order valence-electron chi connectivity index (χ1n) is 9.76. The molecular formula is C23H20N4O3S2. The van der Waals surface area contributed by atoms with Crippen molar-refractivity contribution < 1.29 is 13.2 Å². The molecule has 0 aliphatic rings. The van der Waals surface area contributed by atoms with Gasteiger partial charge in [0.05, 0.1) is 6.04 Å². The molecule has 3 aromatic carbocycles. The average Bonchev–Trinajstić information content (AvgIpc) is 3.28. The highest BCUT2D eigenvalue weighted by Gasteiger charge is 2.27. The molecule has 1 heterocycles. The van der Waals surface area contributed by atoms with Crippen molar-refractivity contribution >= 4 is 32.4 Å². The van der Waals surface area contributed by atoms with Gasteiger partial charge in [0.1, 0.15) is 0 Å². The van der Waals surface area contributed by atoms with E-state index in [1.807, 2.05) is 61.5 Å². The summed E-state index contributed by atoms with van der Waals surface area (Å²) < 4.78 is 28.8. The highest BCUT2D eigenvalue weighted by atomic mass is 32.2. The van der Waals surface area contributed by atoms with Crippen LogP contribution in [0.1, 0.15) is 33.1 Å². The van der Waals surface area contributed by atoms with Gasteiger partial charge in [0.15, 0.2) is 0 Å². The number of aromatic nitrogens is 2. The molecule has 0 aliphatic heterocycles. The quantitative estimate of drug-likeness (QED) is 0.400. The molecule has 0 bridgehead atoms. The van der Waals surface area contributed by atoms with Crippen molar-refractivity contribution in [3.05, 3.63) is 107 Å². The van der Waals surface area contributed by atoms with Crippen molar-refractivity contribution in [1.82, 2.24) is 14.9 Å². The Balaban J connectivity index is 1.59. The van der Waals surface area contributed by atoms with E-state index in [-0.39, 0.29) is 15.4 Å². The average molecular weight is 465 g/mol. The lowest BCUT2D eigenvalue weighted by Gasteiger charge is -2.19. The molecule has 0 fully saturated rings. The fourth-order valence-corrected chi connectivity index (χ4v) is 5.28. The molecule has 0 aliphatic carbocycles. The lowest BCUT2D eigenvalue weighted by molar-refractivity contribution is 0.102. The van der Waals surface area contributed by atoms with Crippen LogP contribution in [-0.2, 0) is 10.0 Å². The summed E-state index contributed by atoms with van der Waals surface area (Å²) in [5.41, 5.74) is 3.06. The lowest BCUT2D eigenvalue weighted by Crippen LogP contribution is -2.29. The van der Waals surface area contributed by atoms with Crippen LogP contribution in [-0.4, -0.2) is 24.5 Å². The van der Waals surface area contributed by atoms with E-state index in [1.54, 1.807) is 30.3 Å². The normalized spacial score (nSPS) is 12.3. The second kappa shape index (κ2) is 9.39. The summed E-state index contributed by atoms with van der Waals surface area (Å²) in [7, 11) is -4.00. The Morgan fingerprint density at radius 1 is 0.875 bits per heavy atom. The van der Waals surface area contributed by atoms with Crippen molar-refractivity contribution in [3.63, 3.8) is 0 Å². The number of nitrogens with one attached hydrogen (secondary N) is 2. The van der Waals surface area contributed by atoms with Gasteiger partial charge < -0.3 is 0 Å². The minimum Gasteiger partial charge on any atom is -0.296 e. The largest absolute Gasteiger partial charge is 0.296 e. The molecule has 0 saturated carbocycles. The number of hydrogen-bond acceptors (Lipinski definition) is 6. The number of amides is 1. The van der Waals surface area contributed by atoms with E-state index in [2.05, 4.69) is 20.2 Å². The summed E-state index contributed by atoms with van der Waals surface area (Å²) in [6, 6.07) is 24.9. The van der Waals surface area contributed by atoms with E-state index in [1.165, 1.54) is 0 Å². The highest BCUT2D eigenvalue weighted by Crippen LogP contribution is 2.27. The standard InChI is InChI=1S/C23H20N4O3S2/c1-16-9-8-14-19(15-16)20(17-10-4-2-5-11-17)27-32(29,30)23-26-25-22(31-23)24-21(28)18-12-6-3-7-13-18/h2-15,20,27H,1H3,(H,24,25,28)/t20-/m0/s1. The maximum absolute atomic E-state index is 13.1. The van der Waals surface area contributed by atoms with Gasteiger partial charge in [-0.3, -0.25) is 10.1 Å². The molecule has 4 rings (SSSR count). The van der Waals surface area contributed by atoms with Crippen LogP contribution in [0.15, 0.2) is 89.3 Å². The van der Waals surface area contributed by atoms with Crippen molar-refractivity contribution in [2.24, 2.45) is 0 Å². The van der Waals surface area contributed by atoms with Gasteiger partial charge in [-0.15, -0.1) is 10.2 Å². The van der Waals surface area contributed by atoms with Gasteiger partial charge in [0, 0.05) is 5.56 Å². The molecule has 0 unspecified atom stereocenters. The maximum Gasteiger partial charge on any atom is 0.270 e. The molecule has 7 nitrogen and oxygen atoms in total. The van der Waals surface area contributed by atoms with E-state index in [0.717, 1.165) is 28.0 Å². The van der Waals surface area contributed by atoms with Gasteiger partial charge in [-0.25, -0.2) is 8.42 Å². The van der Waals surface area contributed by atoms with Crippen LogP contribution < -0.4 is 10.0 Å². The summed E-state index contributed by atoms with van der Waals surface area (Å²) in [5.74, 6) is -0.388. The third kappa shape index (κ3) is 5.08. The van der Waals surface area contributed by atoms with E-state index < -0.39 is 16.1 Å². The summed E-state index contributed by atoms with van der Waals surface area (Å²) in [5, 5.41) is 10.3. The smallest absolute Gasteiger partial charge is 0.270 e. The van der Waals surface area contributed by atoms with Crippen LogP contribution in [0.25, 0.3) is 0 Å². The lowest BCUT2D eigenvalue weighted by atomic mass is 9.98. The molecular weight excluding hydrogens is 444 g/mol. The fraction of sp³-hybridized carbons (Fsp3) is 0.0870. The number of carbonyl (C=O) groups is 1. The first kappa shape index (κ1) is 21.8. The second-order valence-corrected chi connectivity index (χ2v) is 9.94. The zero-order chi connectivity index (χ0) is 22.6. The number of nitrogens with zero attached hydrogens (tertiary/aromatic N) is 2. The minimum atomic E-state index is -4.00. The molecule has 162 valence electrons. The van der Waals surface area contributed by atoms with Crippen LogP contribution in [0.2, 0.25) is 0 Å². The van der Waals surface area contributed by atoms with E-state index in [4.69, 9.17) is 0 Å². The SMILES string of the molecule is Cc1cccc([C@@H](NS(=O)(=O)c2nnc(NC(=O)c3ccccc3)s2)c2ccccc2)c1. The summed E-state index contributed by atoms with van der Waals surface area (Å²) in [6.45, 7) is 1.95. The second-order valence-electron chi connectivity index (χ2n) is 7.07. The zero-order valence-electron chi connectivity index (χ0n) is 17.1. The monoisotopic (exact) mass is 464 g/mol. The van der Waals surface area contributed by atoms with Crippen molar-refractivity contribution in [3.8, 4) is 0 Å². The number of anilines is 1. The molecule has 1 amide bonds.